The second-order valence-electron chi connectivity index (χ2n) is 8.65. The van der Waals surface area contributed by atoms with Gasteiger partial charge >= 0.3 is 0 Å². The van der Waals surface area contributed by atoms with E-state index in [9.17, 15) is 9.59 Å². The SMILES string of the molecule is CN(Cc1cc(-c2ccncc2)no1)C(=O)C1CCC(=O)N(CC2CCCCC2)C1. The van der Waals surface area contributed by atoms with E-state index in [1.165, 1.54) is 32.1 Å². The largest absolute Gasteiger partial charge is 0.359 e. The van der Waals surface area contributed by atoms with Crippen LogP contribution in [0.4, 0.5) is 0 Å². The molecule has 1 unspecified atom stereocenters. The summed E-state index contributed by atoms with van der Waals surface area (Å²) in [6.45, 7) is 1.71. The normalized spacial score (nSPS) is 20.4. The molecule has 1 aliphatic carbocycles. The molecule has 2 aromatic heterocycles. The molecule has 0 N–H and O–H groups in total. The highest BCUT2D eigenvalue weighted by atomic mass is 16.5. The molecule has 2 aromatic rings. The Kier molecular flexibility index (Phi) is 6.45. The molecule has 1 saturated carbocycles. The molecule has 7 nitrogen and oxygen atoms in total. The van der Waals surface area contributed by atoms with E-state index in [4.69, 9.17) is 4.52 Å². The molecule has 4 rings (SSSR count). The van der Waals surface area contributed by atoms with E-state index in [0.29, 0.717) is 37.6 Å². The van der Waals surface area contributed by atoms with Crippen LogP contribution < -0.4 is 0 Å². The van der Waals surface area contributed by atoms with E-state index in [1.807, 2.05) is 23.1 Å². The minimum atomic E-state index is -0.140. The maximum absolute atomic E-state index is 13.0. The topological polar surface area (TPSA) is 79.5 Å². The number of piperidine rings is 1. The Morgan fingerprint density at radius 3 is 2.73 bits per heavy atom. The average molecular weight is 411 g/mol. The fourth-order valence-corrected chi connectivity index (χ4v) is 4.64. The Morgan fingerprint density at radius 2 is 1.97 bits per heavy atom. The number of amides is 2. The maximum Gasteiger partial charge on any atom is 0.227 e. The van der Waals surface area contributed by atoms with Crippen molar-refractivity contribution in [3.8, 4) is 11.3 Å². The quantitative estimate of drug-likeness (QED) is 0.728. The molecule has 0 bridgehead atoms. The molecule has 160 valence electrons. The zero-order valence-electron chi connectivity index (χ0n) is 17.6. The van der Waals surface area contributed by atoms with Crippen LogP contribution in [0, 0.1) is 11.8 Å². The molecular weight excluding hydrogens is 380 g/mol. The highest BCUT2D eigenvalue weighted by molar-refractivity contribution is 5.83. The standard InChI is InChI=1S/C23H30N4O3/c1-26(16-20-13-21(25-30-20)18-9-11-24-12-10-18)23(29)19-7-8-22(28)27(15-19)14-17-5-3-2-4-6-17/h9-13,17,19H,2-8,14-16H2,1H3. The summed E-state index contributed by atoms with van der Waals surface area (Å²) in [5.74, 6) is 1.36. The summed E-state index contributed by atoms with van der Waals surface area (Å²) in [6.07, 6.45) is 10.7. The second-order valence-corrected chi connectivity index (χ2v) is 8.65. The number of pyridine rings is 1. The van der Waals surface area contributed by atoms with Crippen LogP contribution in [0.2, 0.25) is 0 Å². The average Bonchev–Trinajstić information content (AvgIpc) is 3.24. The van der Waals surface area contributed by atoms with Crippen molar-refractivity contribution in [3.05, 3.63) is 36.4 Å². The number of hydrogen-bond donors (Lipinski definition) is 0. The number of carbonyl (C=O) groups is 2. The van der Waals surface area contributed by atoms with Gasteiger partial charge in [0.25, 0.3) is 0 Å². The lowest BCUT2D eigenvalue weighted by atomic mass is 9.87. The van der Waals surface area contributed by atoms with Crippen molar-refractivity contribution in [2.45, 2.75) is 51.5 Å². The lowest BCUT2D eigenvalue weighted by Gasteiger charge is -2.36. The van der Waals surface area contributed by atoms with Crippen LogP contribution in [0.3, 0.4) is 0 Å². The maximum atomic E-state index is 13.0. The van der Waals surface area contributed by atoms with Crippen molar-refractivity contribution in [1.82, 2.24) is 19.9 Å². The van der Waals surface area contributed by atoms with Crippen LogP contribution >= 0.6 is 0 Å². The molecule has 1 aliphatic heterocycles. The Hall–Kier alpha value is -2.70. The van der Waals surface area contributed by atoms with Gasteiger partial charge in [0.2, 0.25) is 11.8 Å². The summed E-state index contributed by atoms with van der Waals surface area (Å²) in [5.41, 5.74) is 1.66. The summed E-state index contributed by atoms with van der Waals surface area (Å²) < 4.78 is 5.44. The van der Waals surface area contributed by atoms with Gasteiger partial charge in [0.15, 0.2) is 5.76 Å². The Morgan fingerprint density at radius 1 is 1.20 bits per heavy atom. The van der Waals surface area contributed by atoms with Gasteiger partial charge in [-0.1, -0.05) is 24.4 Å². The van der Waals surface area contributed by atoms with Crippen LogP contribution in [0.15, 0.2) is 35.1 Å². The van der Waals surface area contributed by atoms with E-state index < -0.39 is 0 Å². The molecule has 30 heavy (non-hydrogen) atoms. The minimum Gasteiger partial charge on any atom is -0.359 e. The van der Waals surface area contributed by atoms with Crippen LogP contribution in [0.25, 0.3) is 11.3 Å². The summed E-state index contributed by atoms with van der Waals surface area (Å²) in [6, 6.07) is 5.60. The predicted molar refractivity (Wildman–Crippen MR) is 112 cm³/mol. The lowest BCUT2D eigenvalue weighted by Crippen LogP contribution is -2.47. The van der Waals surface area contributed by atoms with Crippen molar-refractivity contribution in [1.29, 1.82) is 0 Å². The van der Waals surface area contributed by atoms with Crippen molar-refractivity contribution in [2.75, 3.05) is 20.1 Å². The summed E-state index contributed by atoms with van der Waals surface area (Å²) in [4.78, 5) is 33.1. The van der Waals surface area contributed by atoms with Crippen molar-refractivity contribution in [2.24, 2.45) is 11.8 Å². The third-order valence-electron chi connectivity index (χ3n) is 6.36. The predicted octanol–water partition coefficient (Wildman–Crippen LogP) is 3.51. The molecule has 3 heterocycles. The van der Waals surface area contributed by atoms with Crippen LogP contribution in [0.1, 0.15) is 50.7 Å². The smallest absolute Gasteiger partial charge is 0.227 e. The first-order chi connectivity index (χ1) is 14.6. The molecule has 0 radical (unpaired) electrons. The van der Waals surface area contributed by atoms with Gasteiger partial charge in [-0.25, -0.2) is 0 Å². The molecule has 0 spiro atoms. The molecule has 2 aliphatic rings. The number of hydrogen-bond acceptors (Lipinski definition) is 5. The third kappa shape index (κ3) is 4.89. The molecule has 2 fully saturated rings. The first-order valence-corrected chi connectivity index (χ1v) is 11.0. The van der Waals surface area contributed by atoms with E-state index in [1.54, 1.807) is 24.3 Å². The summed E-state index contributed by atoms with van der Waals surface area (Å²) in [7, 11) is 1.79. The first-order valence-electron chi connectivity index (χ1n) is 11.0. The number of aromatic nitrogens is 2. The van der Waals surface area contributed by atoms with E-state index in [-0.39, 0.29) is 17.7 Å². The molecule has 2 amide bonds. The van der Waals surface area contributed by atoms with Crippen LogP contribution in [-0.4, -0.2) is 51.9 Å². The van der Waals surface area contributed by atoms with Gasteiger partial charge in [-0.05, 0) is 37.3 Å². The van der Waals surface area contributed by atoms with E-state index in [0.717, 1.165) is 17.8 Å². The first kappa shape index (κ1) is 20.6. The number of nitrogens with zero attached hydrogens (tertiary/aromatic N) is 4. The zero-order chi connectivity index (χ0) is 20.9. The summed E-state index contributed by atoms with van der Waals surface area (Å²) >= 11 is 0. The Labute approximate surface area is 177 Å². The third-order valence-corrected chi connectivity index (χ3v) is 6.36. The van der Waals surface area contributed by atoms with E-state index in [2.05, 4.69) is 10.1 Å². The molecule has 0 aromatic carbocycles. The monoisotopic (exact) mass is 410 g/mol. The Balaban J connectivity index is 1.34. The van der Waals surface area contributed by atoms with Gasteiger partial charge in [0.05, 0.1) is 12.5 Å². The van der Waals surface area contributed by atoms with Crippen molar-refractivity contribution < 1.29 is 14.1 Å². The highest BCUT2D eigenvalue weighted by Crippen LogP contribution is 2.28. The van der Waals surface area contributed by atoms with E-state index >= 15 is 0 Å². The van der Waals surface area contributed by atoms with Crippen LogP contribution in [-0.2, 0) is 16.1 Å². The van der Waals surface area contributed by atoms with Gasteiger partial charge in [-0.15, -0.1) is 0 Å². The van der Waals surface area contributed by atoms with Gasteiger partial charge < -0.3 is 14.3 Å². The highest BCUT2D eigenvalue weighted by Gasteiger charge is 2.33. The van der Waals surface area contributed by atoms with Crippen LogP contribution in [0.5, 0.6) is 0 Å². The zero-order valence-corrected chi connectivity index (χ0v) is 17.6. The lowest BCUT2D eigenvalue weighted by molar-refractivity contribution is -0.143. The van der Waals surface area contributed by atoms with Crippen molar-refractivity contribution in [3.63, 3.8) is 0 Å². The van der Waals surface area contributed by atoms with Gasteiger partial charge in [0.1, 0.15) is 5.69 Å². The molecule has 1 saturated heterocycles. The number of carbonyl (C=O) groups excluding carboxylic acids is 2. The van der Waals surface area contributed by atoms with Gasteiger partial charge in [-0.2, -0.15) is 0 Å². The number of likely N-dealkylation sites (tertiary alicyclic amines) is 1. The molecule has 1 atom stereocenters. The number of rotatable bonds is 6. The van der Waals surface area contributed by atoms with Gasteiger partial charge in [-0.3, -0.25) is 14.6 Å². The second kappa shape index (κ2) is 9.41. The fourth-order valence-electron chi connectivity index (χ4n) is 4.64. The minimum absolute atomic E-state index is 0.0676. The Bertz CT molecular complexity index is 860. The molecular formula is C23H30N4O3. The summed E-state index contributed by atoms with van der Waals surface area (Å²) in [5, 5.41) is 4.10. The van der Waals surface area contributed by atoms with Gasteiger partial charge in [0, 0.05) is 50.6 Å². The fraction of sp³-hybridized carbons (Fsp3) is 0.565. The molecule has 7 heteroatoms. The van der Waals surface area contributed by atoms with Crippen molar-refractivity contribution >= 4 is 11.8 Å².